The predicted molar refractivity (Wildman–Crippen MR) is 51.7 cm³/mol. The van der Waals surface area contributed by atoms with Crippen LogP contribution in [-0.4, -0.2) is 29.5 Å². The normalized spacial score (nSPS) is 28.8. The van der Waals surface area contributed by atoms with E-state index in [1.54, 1.807) is 0 Å². The van der Waals surface area contributed by atoms with Crippen LogP contribution >= 0.6 is 35.8 Å². The highest BCUT2D eigenvalue weighted by molar-refractivity contribution is 8.00. The van der Waals surface area contributed by atoms with Crippen LogP contribution in [0.25, 0.3) is 0 Å². The minimum Gasteiger partial charge on any atom is -0.315 e. The lowest BCUT2D eigenvalue weighted by Gasteiger charge is -2.23. The van der Waals surface area contributed by atoms with Gasteiger partial charge in [0.2, 0.25) is 0 Å². The van der Waals surface area contributed by atoms with E-state index in [1.807, 2.05) is 11.8 Å². The lowest BCUT2D eigenvalue weighted by atomic mass is 10.3. The summed E-state index contributed by atoms with van der Waals surface area (Å²) in [6.07, 6.45) is 0. The van der Waals surface area contributed by atoms with E-state index in [-0.39, 0.29) is 12.4 Å². The maximum atomic E-state index is 5.90. The van der Waals surface area contributed by atoms with E-state index >= 15 is 0 Å². The molecular weight excluding hydrogens is 189 g/mol. The molecular formula is C6H13Cl2NS. The lowest BCUT2D eigenvalue weighted by molar-refractivity contribution is 0.661. The zero-order valence-electron chi connectivity index (χ0n) is 5.97. The molecule has 0 saturated carbocycles. The summed E-state index contributed by atoms with van der Waals surface area (Å²) in [4.78, 5) is 0. The Morgan fingerprint density at radius 1 is 1.70 bits per heavy atom. The molecule has 1 saturated heterocycles. The molecule has 1 fully saturated rings. The van der Waals surface area contributed by atoms with Crippen LogP contribution in [0.2, 0.25) is 0 Å². The van der Waals surface area contributed by atoms with E-state index in [4.69, 9.17) is 11.6 Å². The molecule has 0 aromatic heterocycles. The van der Waals surface area contributed by atoms with Crippen molar-refractivity contribution in [3.63, 3.8) is 0 Å². The van der Waals surface area contributed by atoms with Gasteiger partial charge in [0, 0.05) is 29.5 Å². The summed E-state index contributed by atoms with van der Waals surface area (Å²) in [6.45, 7) is 4.28. The van der Waals surface area contributed by atoms with Crippen molar-refractivity contribution in [3.8, 4) is 0 Å². The first-order chi connectivity index (χ1) is 4.30. The number of nitrogens with one attached hydrogen (secondary N) is 1. The fraction of sp³-hybridized carbons (Fsp3) is 1.00. The van der Waals surface area contributed by atoms with E-state index in [1.165, 1.54) is 5.75 Å². The van der Waals surface area contributed by atoms with E-state index in [0.29, 0.717) is 10.6 Å². The Balaban J connectivity index is 0.000000810. The van der Waals surface area contributed by atoms with Crippen molar-refractivity contribution in [2.24, 2.45) is 0 Å². The molecule has 1 N–H and O–H groups in total. The highest BCUT2D eigenvalue weighted by atomic mass is 35.5. The third-order valence-corrected chi connectivity index (χ3v) is 3.37. The molecule has 0 amide bonds. The van der Waals surface area contributed by atoms with Crippen LogP contribution in [0.15, 0.2) is 0 Å². The second-order valence-electron chi connectivity index (χ2n) is 2.29. The fourth-order valence-corrected chi connectivity index (χ4v) is 2.25. The Morgan fingerprint density at radius 2 is 2.40 bits per heavy atom. The van der Waals surface area contributed by atoms with Crippen molar-refractivity contribution < 1.29 is 0 Å². The van der Waals surface area contributed by atoms with Crippen LogP contribution in [-0.2, 0) is 0 Å². The van der Waals surface area contributed by atoms with Crippen molar-refractivity contribution in [2.75, 3.05) is 18.8 Å². The molecule has 0 aromatic carbocycles. The number of halogens is 2. The fourth-order valence-electron chi connectivity index (χ4n) is 0.881. The van der Waals surface area contributed by atoms with Gasteiger partial charge in [-0.1, -0.05) is 0 Å². The molecule has 2 unspecified atom stereocenters. The summed E-state index contributed by atoms with van der Waals surface area (Å²) in [5, 5.41) is 4.24. The van der Waals surface area contributed by atoms with Crippen LogP contribution in [0, 0.1) is 0 Å². The van der Waals surface area contributed by atoms with E-state index in [0.717, 1.165) is 13.1 Å². The monoisotopic (exact) mass is 201 g/mol. The Hall–Kier alpha value is 0.890. The molecule has 1 aliphatic heterocycles. The number of rotatable bonds is 1. The highest BCUT2D eigenvalue weighted by Gasteiger charge is 2.17. The van der Waals surface area contributed by atoms with Gasteiger partial charge in [-0.2, -0.15) is 11.8 Å². The van der Waals surface area contributed by atoms with Gasteiger partial charge in [-0.25, -0.2) is 0 Å². The number of hydrogen-bond acceptors (Lipinski definition) is 2. The first-order valence-corrected chi connectivity index (χ1v) is 4.75. The average Bonchev–Trinajstić information content (AvgIpc) is 1.90. The van der Waals surface area contributed by atoms with Crippen molar-refractivity contribution in [1.29, 1.82) is 0 Å². The quantitative estimate of drug-likeness (QED) is 0.650. The van der Waals surface area contributed by atoms with Gasteiger partial charge in [-0.15, -0.1) is 24.0 Å². The number of hydrogen-bond donors (Lipinski definition) is 1. The second-order valence-corrected chi connectivity index (χ2v) is 4.33. The Bertz CT molecular complexity index is 83.8. The first kappa shape index (κ1) is 10.9. The third-order valence-electron chi connectivity index (χ3n) is 1.47. The zero-order chi connectivity index (χ0) is 6.69. The first-order valence-electron chi connectivity index (χ1n) is 3.27. The van der Waals surface area contributed by atoms with Crippen molar-refractivity contribution >= 4 is 35.8 Å². The molecule has 4 heteroatoms. The van der Waals surface area contributed by atoms with Gasteiger partial charge in [0.15, 0.2) is 0 Å². The second kappa shape index (κ2) is 5.53. The summed E-state index contributed by atoms with van der Waals surface area (Å²) >= 11 is 7.87. The van der Waals surface area contributed by atoms with Gasteiger partial charge in [0.25, 0.3) is 0 Å². The molecule has 0 aromatic rings. The summed E-state index contributed by atoms with van der Waals surface area (Å²) in [6, 6.07) is 0. The van der Waals surface area contributed by atoms with Gasteiger partial charge in [0.1, 0.15) is 0 Å². The molecule has 1 aliphatic rings. The van der Waals surface area contributed by atoms with Crippen LogP contribution in [0.3, 0.4) is 0 Å². The smallest absolute Gasteiger partial charge is 0.0438 e. The molecule has 0 spiro atoms. The lowest BCUT2D eigenvalue weighted by Crippen LogP contribution is -2.36. The van der Waals surface area contributed by atoms with Crippen molar-refractivity contribution in [1.82, 2.24) is 5.32 Å². The predicted octanol–water partition coefficient (Wildman–Crippen LogP) is 1.74. The van der Waals surface area contributed by atoms with Gasteiger partial charge < -0.3 is 5.32 Å². The van der Waals surface area contributed by atoms with Gasteiger partial charge in [0.05, 0.1) is 0 Å². The van der Waals surface area contributed by atoms with E-state index in [9.17, 15) is 0 Å². The van der Waals surface area contributed by atoms with Crippen LogP contribution < -0.4 is 5.32 Å². The number of alkyl halides is 1. The Kier molecular flexibility index (Phi) is 6.02. The molecule has 2 atom stereocenters. The summed E-state index contributed by atoms with van der Waals surface area (Å²) in [5.74, 6) is 1.21. The molecule has 0 radical (unpaired) electrons. The van der Waals surface area contributed by atoms with Gasteiger partial charge in [-0.05, 0) is 6.92 Å². The minimum atomic E-state index is 0. The molecule has 1 heterocycles. The molecule has 10 heavy (non-hydrogen) atoms. The topological polar surface area (TPSA) is 12.0 Å². The summed E-state index contributed by atoms with van der Waals surface area (Å²) in [5.41, 5.74) is 0. The van der Waals surface area contributed by atoms with Crippen molar-refractivity contribution in [2.45, 2.75) is 17.6 Å². The molecule has 0 bridgehead atoms. The number of thioether (sulfide) groups is 1. The Morgan fingerprint density at radius 3 is 2.70 bits per heavy atom. The van der Waals surface area contributed by atoms with Crippen LogP contribution in [0.1, 0.15) is 6.92 Å². The zero-order valence-corrected chi connectivity index (χ0v) is 8.36. The standard InChI is InChI=1S/C6H12ClNS.ClH/c1-5(7)6-4-8-2-3-9-6;/h5-6,8H,2-4H2,1H3;1H. The largest absolute Gasteiger partial charge is 0.315 e. The molecule has 62 valence electrons. The van der Waals surface area contributed by atoms with Crippen molar-refractivity contribution in [3.05, 3.63) is 0 Å². The maximum absolute atomic E-state index is 5.90. The van der Waals surface area contributed by atoms with Crippen LogP contribution in [0.5, 0.6) is 0 Å². The average molecular weight is 202 g/mol. The highest BCUT2D eigenvalue weighted by Crippen LogP contribution is 2.19. The van der Waals surface area contributed by atoms with E-state index < -0.39 is 0 Å². The summed E-state index contributed by atoms with van der Waals surface area (Å²) < 4.78 is 0. The summed E-state index contributed by atoms with van der Waals surface area (Å²) in [7, 11) is 0. The molecule has 1 nitrogen and oxygen atoms in total. The minimum absolute atomic E-state index is 0. The molecule has 1 rings (SSSR count). The third kappa shape index (κ3) is 3.33. The maximum Gasteiger partial charge on any atom is 0.0438 e. The molecule has 0 aliphatic carbocycles. The Labute approximate surface area is 77.7 Å². The SMILES string of the molecule is CC(Cl)C1CNCCS1.Cl. The van der Waals surface area contributed by atoms with Crippen LogP contribution in [0.4, 0.5) is 0 Å². The van der Waals surface area contributed by atoms with E-state index in [2.05, 4.69) is 12.2 Å². The van der Waals surface area contributed by atoms with Gasteiger partial charge in [-0.3, -0.25) is 0 Å². The van der Waals surface area contributed by atoms with Gasteiger partial charge >= 0.3 is 0 Å².